The van der Waals surface area contributed by atoms with Gasteiger partial charge in [-0.2, -0.15) is 0 Å². The van der Waals surface area contributed by atoms with E-state index in [4.69, 9.17) is 25.7 Å². The molecule has 8 rings (SSSR count). The zero-order valence-electron chi connectivity index (χ0n) is 52.4. The molecule has 4 saturated heterocycles. The number of piperidine rings is 1. The first kappa shape index (κ1) is 71.4. The topological polar surface area (TPSA) is 436 Å². The fourth-order valence-electron chi connectivity index (χ4n) is 11.9. The summed E-state index contributed by atoms with van der Waals surface area (Å²) in [6.07, 6.45) is -6.62. The second-order valence-electron chi connectivity index (χ2n) is 24.2. The number of nitrogens with two attached hydrogens (primary N) is 2. The molecule has 0 spiro atoms. The number of amides is 7. The fraction of sp³-hybridized carbons (Fsp3) is 0.571. The van der Waals surface area contributed by atoms with Crippen molar-refractivity contribution in [1.29, 1.82) is 0 Å². The highest BCUT2D eigenvalue weighted by atomic mass is 32.1. The van der Waals surface area contributed by atoms with Crippen molar-refractivity contribution < 1.29 is 83.5 Å². The van der Waals surface area contributed by atoms with E-state index >= 15 is 0 Å². The SMILES string of the molecule is COCCCCCOC1CCN(c2ccc(-c3nnc(-c4ccc(C(=O)NC5C[C@@H](O)CNC(=O)[C@@H]6[C@@H](O)[C@@H](C)CN6C(=O)[C@H]([C@H](O)CCN)NC(=O)[C@H]([C@H](O)Cc6ccc(O)c(OCCN)c6)NC(=O)[C@@H]6C[C@@H](O)CN6C(=O)[C@H]([C@@H](C)O)NC5=O)cc4)s3)cc2)CC1. The van der Waals surface area contributed by atoms with Gasteiger partial charge < -0.3 is 103 Å². The maximum atomic E-state index is 14.7. The van der Waals surface area contributed by atoms with Gasteiger partial charge in [0.2, 0.25) is 35.4 Å². The van der Waals surface area contributed by atoms with Crippen molar-refractivity contribution in [2.45, 2.75) is 151 Å². The second kappa shape index (κ2) is 33.6. The number of aromatic nitrogens is 2. The van der Waals surface area contributed by atoms with E-state index in [0.717, 1.165) is 86.4 Å². The van der Waals surface area contributed by atoms with Crippen LogP contribution < -0.4 is 47.7 Å². The summed E-state index contributed by atoms with van der Waals surface area (Å²) >= 11 is 1.34. The van der Waals surface area contributed by atoms with Crippen LogP contribution >= 0.6 is 11.3 Å². The van der Waals surface area contributed by atoms with Gasteiger partial charge >= 0.3 is 0 Å². The lowest BCUT2D eigenvalue weighted by Crippen LogP contribution is -2.64. The monoisotopic (exact) mass is 1320 g/mol. The summed E-state index contributed by atoms with van der Waals surface area (Å²) in [5, 5.41) is 101. The van der Waals surface area contributed by atoms with Crippen LogP contribution in [-0.2, 0) is 44.7 Å². The summed E-state index contributed by atoms with van der Waals surface area (Å²) < 4.78 is 16.8. The molecule has 4 fully saturated rings. The normalized spacial score (nSPS) is 25.8. The van der Waals surface area contributed by atoms with E-state index in [2.05, 4.69) is 53.8 Å². The number of nitrogens with zero attached hydrogens (tertiary/aromatic N) is 5. The molecule has 5 heterocycles. The van der Waals surface area contributed by atoms with Crippen LogP contribution in [0.1, 0.15) is 81.1 Å². The molecule has 30 heteroatoms. The number of aliphatic hydroxyl groups is 6. The predicted octanol–water partition coefficient (Wildman–Crippen LogP) is -1.99. The number of β-amino-alcohol motifs (C(OH)–C–C–N with tert-alkyl or cyclic N) is 1. The summed E-state index contributed by atoms with van der Waals surface area (Å²) in [6.45, 7) is 4.34. The van der Waals surface area contributed by atoms with Gasteiger partial charge in [0.05, 0.1) is 42.7 Å². The Labute approximate surface area is 542 Å². The molecule has 29 nitrogen and oxygen atoms in total. The summed E-state index contributed by atoms with van der Waals surface area (Å²) in [6, 6.07) is 7.35. The first-order valence-corrected chi connectivity index (χ1v) is 32.3. The van der Waals surface area contributed by atoms with Gasteiger partial charge in [0, 0.05) is 107 Å². The number of nitrogens with one attached hydrogen (secondary N) is 5. The molecule has 13 atom stereocenters. The number of phenolic OH excluding ortho intramolecular Hbond substituents is 1. The number of benzene rings is 3. The minimum absolute atomic E-state index is 0.00551. The van der Waals surface area contributed by atoms with Gasteiger partial charge in [-0.3, -0.25) is 33.6 Å². The van der Waals surface area contributed by atoms with Crippen LogP contribution in [0, 0.1) is 5.92 Å². The molecule has 16 N–H and O–H groups in total. The van der Waals surface area contributed by atoms with E-state index in [1.54, 1.807) is 19.2 Å². The number of methoxy groups -OCH3 is 1. The first-order valence-electron chi connectivity index (χ1n) is 31.5. The Kier molecular flexibility index (Phi) is 25.8. The van der Waals surface area contributed by atoms with E-state index in [1.807, 2.05) is 12.1 Å². The first-order chi connectivity index (χ1) is 44.6. The Bertz CT molecular complexity index is 3170. The molecular formula is C63H88N12O17S. The number of phenols is 1. The lowest BCUT2D eigenvalue weighted by atomic mass is 9.98. The van der Waals surface area contributed by atoms with Crippen LogP contribution in [0.15, 0.2) is 66.7 Å². The summed E-state index contributed by atoms with van der Waals surface area (Å²) in [5.41, 5.74) is 14.3. The molecule has 0 radical (unpaired) electrons. The minimum atomic E-state index is -2.04. The number of rotatable bonds is 22. The molecule has 4 aliphatic rings. The van der Waals surface area contributed by atoms with Crippen LogP contribution in [0.5, 0.6) is 11.5 Å². The van der Waals surface area contributed by atoms with Crippen molar-refractivity contribution in [2.24, 2.45) is 17.4 Å². The third-order valence-corrected chi connectivity index (χ3v) is 18.2. The van der Waals surface area contributed by atoms with Crippen LogP contribution in [-0.4, -0.2) is 249 Å². The highest BCUT2D eigenvalue weighted by Gasteiger charge is 2.50. The van der Waals surface area contributed by atoms with Gasteiger partial charge in [-0.25, -0.2) is 0 Å². The maximum Gasteiger partial charge on any atom is 0.251 e. The zero-order valence-corrected chi connectivity index (χ0v) is 53.2. The molecule has 3 aromatic carbocycles. The Hall–Kier alpha value is -7.49. The number of hydrogen-bond donors (Lipinski definition) is 14. The molecule has 4 aromatic rings. The molecule has 0 bridgehead atoms. The zero-order chi connectivity index (χ0) is 67.0. The second-order valence-corrected chi connectivity index (χ2v) is 25.1. The number of ether oxygens (including phenoxy) is 3. The Balaban J connectivity index is 1.02. The molecule has 0 saturated carbocycles. The van der Waals surface area contributed by atoms with E-state index in [1.165, 1.54) is 48.6 Å². The van der Waals surface area contributed by atoms with Crippen LogP contribution in [0.2, 0.25) is 0 Å². The molecular weight excluding hydrogens is 1230 g/mol. The highest BCUT2D eigenvalue weighted by Crippen LogP contribution is 2.33. The van der Waals surface area contributed by atoms with Crippen molar-refractivity contribution in [3.63, 3.8) is 0 Å². The lowest BCUT2D eigenvalue weighted by molar-refractivity contribution is -0.147. The van der Waals surface area contributed by atoms with Crippen molar-refractivity contribution in [3.05, 3.63) is 77.9 Å². The number of aliphatic hydroxyl groups excluding tert-OH is 6. The average molecular weight is 1320 g/mol. The van der Waals surface area contributed by atoms with Gasteiger partial charge in [-0.05, 0) is 106 Å². The van der Waals surface area contributed by atoms with E-state index < -0.39 is 152 Å². The number of hydrogen-bond acceptors (Lipinski definition) is 23. The highest BCUT2D eigenvalue weighted by molar-refractivity contribution is 7.17. The van der Waals surface area contributed by atoms with Crippen molar-refractivity contribution >= 4 is 58.4 Å². The largest absolute Gasteiger partial charge is 0.504 e. The number of anilines is 1. The van der Waals surface area contributed by atoms with Crippen LogP contribution in [0.3, 0.4) is 0 Å². The van der Waals surface area contributed by atoms with Crippen molar-refractivity contribution in [2.75, 3.05) is 77.6 Å². The maximum absolute atomic E-state index is 14.7. The molecule has 1 unspecified atom stereocenters. The smallest absolute Gasteiger partial charge is 0.251 e. The molecule has 7 amide bonds. The number of carbonyl (C=O) groups excluding carboxylic acids is 7. The summed E-state index contributed by atoms with van der Waals surface area (Å²) in [5.74, 6) is -8.65. The Morgan fingerprint density at radius 2 is 1.38 bits per heavy atom. The number of unbranched alkanes of at least 4 members (excludes halogenated alkanes) is 2. The fourth-order valence-corrected chi connectivity index (χ4v) is 12.8. The van der Waals surface area contributed by atoms with E-state index in [-0.39, 0.29) is 61.4 Å². The number of fused-ring (bicyclic) bond motifs is 2. The Morgan fingerprint density at radius 3 is 2.03 bits per heavy atom. The van der Waals surface area contributed by atoms with Crippen molar-refractivity contribution in [3.8, 4) is 32.6 Å². The van der Waals surface area contributed by atoms with Crippen LogP contribution in [0.4, 0.5) is 5.69 Å². The third-order valence-electron chi connectivity index (χ3n) is 17.1. The van der Waals surface area contributed by atoms with E-state index in [9.17, 15) is 69.3 Å². The third kappa shape index (κ3) is 18.5. The summed E-state index contributed by atoms with van der Waals surface area (Å²) in [4.78, 5) is 106. The van der Waals surface area contributed by atoms with Gasteiger partial charge in [0.1, 0.15) is 52.9 Å². The summed E-state index contributed by atoms with van der Waals surface area (Å²) in [7, 11) is 1.71. The van der Waals surface area contributed by atoms with Gasteiger partial charge in [-0.15, -0.1) is 10.2 Å². The molecule has 508 valence electrons. The van der Waals surface area contributed by atoms with Gasteiger partial charge in [0.15, 0.2) is 11.5 Å². The van der Waals surface area contributed by atoms with Gasteiger partial charge in [0.25, 0.3) is 5.91 Å². The Morgan fingerprint density at radius 1 is 0.731 bits per heavy atom. The minimum Gasteiger partial charge on any atom is -0.504 e. The molecule has 93 heavy (non-hydrogen) atoms. The molecule has 0 aliphatic carbocycles. The lowest BCUT2D eigenvalue weighted by Gasteiger charge is -2.34. The molecule has 4 aliphatic heterocycles. The predicted molar refractivity (Wildman–Crippen MR) is 339 cm³/mol. The van der Waals surface area contributed by atoms with Gasteiger partial charge in [-0.1, -0.05) is 36.5 Å². The van der Waals surface area contributed by atoms with Crippen molar-refractivity contribution in [1.82, 2.24) is 46.6 Å². The molecule has 1 aromatic heterocycles. The standard InChI is InChI=1S/C63H88N12O17S/c1-34-32-75-53(54(34)82)59(87)66-31-41(77)29-44(67-55(83)37-8-10-38(11-9-37)60-71-72-61(93-60)39-12-14-40(15-13-39)73-22-18-43(19-23-73)91-25-6-4-5-24-90-3)56(84)68-50(35(2)76)62(88)74-33-42(78)30-45(74)57(85)69-51(58(86)70-52(63(75)89)47(80)17-20-64)48(81)27-36-7-16-46(79)49(28-36)92-26-21-65/h7-16,28,34-35,41-45,47-48,50-54,76-82H,4-6,17-27,29-33,64-65H2,1-3H3,(H,66,87)(H,67,83)(H,68,84)(H,69,85)(H,70,86)/t34-,35+,41+,42+,44?,45-,47+,48+,50-,51-,52-,53-,54-/m0/s1. The van der Waals surface area contributed by atoms with E-state index in [0.29, 0.717) is 15.6 Å². The number of aromatic hydroxyl groups is 1. The average Bonchev–Trinajstić information content (AvgIpc) is 1.99. The van der Waals surface area contributed by atoms with Crippen LogP contribution in [0.25, 0.3) is 21.1 Å². The number of carbonyl (C=O) groups is 7. The quantitative estimate of drug-likeness (QED) is 0.0379.